The fourth-order valence-corrected chi connectivity index (χ4v) is 4.26. The van der Waals surface area contributed by atoms with Gasteiger partial charge in [-0.1, -0.05) is 0 Å². The maximum absolute atomic E-state index is 8.67. The average molecular weight is 590 g/mol. The second kappa shape index (κ2) is 16.0. The smallest absolute Gasteiger partial charge is 0.179 e. The lowest BCUT2D eigenvalue weighted by Gasteiger charge is -2.16. The third kappa shape index (κ3) is 9.02. The van der Waals surface area contributed by atoms with Gasteiger partial charge in [-0.25, -0.2) is 0 Å². The number of hydrogen-bond donors (Lipinski definition) is 2. The Kier molecular flexibility index (Phi) is 13.8. The predicted octanol–water partition coefficient (Wildman–Crippen LogP) is 2.02. The van der Waals surface area contributed by atoms with Crippen LogP contribution in [0.4, 0.5) is 0 Å². The summed E-state index contributed by atoms with van der Waals surface area (Å²) in [7, 11) is 0. The molecule has 0 radical (unpaired) electrons. The number of aromatic nitrogens is 2. The van der Waals surface area contributed by atoms with Crippen molar-refractivity contribution in [2.24, 2.45) is 0 Å². The predicted molar refractivity (Wildman–Crippen MR) is 121 cm³/mol. The van der Waals surface area contributed by atoms with Crippen molar-refractivity contribution >= 4 is 54.6 Å². The maximum Gasteiger partial charge on any atom is 0.179 e. The van der Waals surface area contributed by atoms with Crippen molar-refractivity contribution in [2.75, 3.05) is 79.3 Å². The van der Waals surface area contributed by atoms with Crippen molar-refractivity contribution in [3.63, 3.8) is 0 Å². The first kappa shape index (κ1) is 26.6. The van der Waals surface area contributed by atoms with Crippen LogP contribution in [0, 0.1) is 0 Å². The van der Waals surface area contributed by atoms with E-state index >= 15 is 0 Å². The summed E-state index contributed by atoms with van der Waals surface area (Å²) in [5.74, 6) is 0.997. The molecule has 2 N–H and O–H groups in total. The van der Waals surface area contributed by atoms with E-state index in [1.807, 2.05) is 0 Å². The van der Waals surface area contributed by atoms with Crippen molar-refractivity contribution in [1.82, 2.24) is 8.75 Å². The number of halogens is 2. The highest BCUT2D eigenvalue weighted by molar-refractivity contribution is 9.11. The molecule has 0 atom stereocenters. The number of benzene rings is 1. The maximum atomic E-state index is 8.67. The molecule has 1 aromatic heterocycles. The summed E-state index contributed by atoms with van der Waals surface area (Å²) in [6.07, 6.45) is 0. The Morgan fingerprint density at radius 3 is 1.32 bits per heavy atom. The lowest BCUT2D eigenvalue weighted by Crippen LogP contribution is -2.14. The second-order valence-electron chi connectivity index (χ2n) is 5.84. The lowest BCUT2D eigenvalue weighted by atomic mass is 10.2. The summed E-state index contributed by atoms with van der Waals surface area (Å²) in [4.78, 5) is 0. The number of fused-ring (bicyclic) bond motifs is 1. The first-order valence-corrected chi connectivity index (χ1v) is 11.9. The summed E-state index contributed by atoms with van der Waals surface area (Å²) in [5, 5.41) is 17.3. The van der Waals surface area contributed by atoms with Crippen LogP contribution in [0.25, 0.3) is 11.0 Å². The first-order chi connectivity index (χ1) is 15.2. The van der Waals surface area contributed by atoms with Crippen LogP contribution in [0.1, 0.15) is 0 Å². The number of ether oxygens (including phenoxy) is 6. The van der Waals surface area contributed by atoms with Gasteiger partial charge in [-0.15, -0.1) is 0 Å². The molecular weight excluding hydrogens is 564 g/mol. The van der Waals surface area contributed by atoms with Crippen LogP contribution < -0.4 is 9.47 Å². The summed E-state index contributed by atoms with van der Waals surface area (Å²) in [5.41, 5.74) is 1.35. The molecule has 0 aliphatic rings. The zero-order valence-electron chi connectivity index (χ0n) is 16.9. The quantitative estimate of drug-likeness (QED) is 0.250. The van der Waals surface area contributed by atoms with E-state index in [1.165, 1.54) is 0 Å². The number of nitrogens with zero attached hydrogens (tertiary/aromatic N) is 2. The number of hydrogen-bond acceptors (Lipinski definition) is 11. The molecule has 176 valence electrons. The van der Waals surface area contributed by atoms with Crippen LogP contribution in [0.2, 0.25) is 0 Å². The zero-order chi connectivity index (χ0) is 22.3. The highest BCUT2D eigenvalue weighted by atomic mass is 79.9. The van der Waals surface area contributed by atoms with Crippen LogP contribution >= 0.6 is 43.6 Å². The molecule has 0 amide bonds. The Labute approximate surface area is 201 Å². The summed E-state index contributed by atoms with van der Waals surface area (Å²) < 4.78 is 43.0. The average Bonchev–Trinajstić information content (AvgIpc) is 3.27. The standard InChI is InChI=1S/C18H26Br2N2O8S/c19-13-15-16(22-31-21-15)14(20)18(30-12-10-28-8-6-26-4-2-24)17(13)29-11-9-27-7-5-25-3-1-23/h23-24H,1-12H2. The van der Waals surface area contributed by atoms with E-state index < -0.39 is 0 Å². The molecule has 0 spiro atoms. The zero-order valence-corrected chi connectivity index (χ0v) is 20.9. The van der Waals surface area contributed by atoms with Gasteiger partial charge in [-0.2, -0.15) is 8.75 Å². The molecule has 1 heterocycles. The van der Waals surface area contributed by atoms with E-state index in [0.29, 0.717) is 97.5 Å². The highest BCUT2D eigenvalue weighted by Crippen LogP contribution is 2.46. The van der Waals surface area contributed by atoms with E-state index in [0.717, 1.165) is 11.7 Å². The number of rotatable bonds is 18. The van der Waals surface area contributed by atoms with Crippen LogP contribution in [-0.4, -0.2) is 98.2 Å². The van der Waals surface area contributed by atoms with E-state index in [9.17, 15) is 0 Å². The SMILES string of the molecule is OCCOCCOCCOc1c(OCCOCCOCCO)c(Br)c2nsnc2c1Br. The third-order valence-electron chi connectivity index (χ3n) is 3.67. The fraction of sp³-hybridized carbons (Fsp3) is 0.667. The van der Waals surface area contributed by atoms with E-state index in [2.05, 4.69) is 40.6 Å². The molecule has 0 aliphatic carbocycles. The van der Waals surface area contributed by atoms with Gasteiger partial charge in [0.2, 0.25) is 0 Å². The molecule has 0 saturated heterocycles. The van der Waals surface area contributed by atoms with E-state index in [-0.39, 0.29) is 13.2 Å². The minimum Gasteiger partial charge on any atom is -0.486 e. The molecule has 13 heteroatoms. The number of aliphatic hydroxyl groups excluding tert-OH is 2. The minimum atomic E-state index is -0.00865. The molecule has 1 aromatic carbocycles. The summed E-state index contributed by atoms with van der Waals surface area (Å²) in [6.45, 7) is 3.51. The molecule has 10 nitrogen and oxygen atoms in total. The van der Waals surface area contributed by atoms with Crippen LogP contribution in [0.3, 0.4) is 0 Å². The Morgan fingerprint density at radius 2 is 0.935 bits per heavy atom. The summed E-state index contributed by atoms with van der Waals surface area (Å²) >= 11 is 8.18. The normalized spacial score (nSPS) is 11.4. The largest absolute Gasteiger partial charge is 0.486 e. The Morgan fingerprint density at radius 1 is 0.581 bits per heavy atom. The van der Waals surface area contributed by atoms with Gasteiger partial charge < -0.3 is 38.6 Å². The van der Waals surface area contributed by atoms with Crippen molar-refractivity contribution in [2.45, 2.75) is 0 Å². The Hall–Kier alpha value is -0.640. The van der Waals surface area contributed by atoms with Crippen LogP contribution in [-0.2, 0) is 18.9 Å². The molecule has 0 unspecified atom stereocenters. The molecule has 0 bridgehead atoms. The van der Waals surface area contributed by atoms with Gasteiger partial charge in [-0.3, -0.25) is 0 Å². The van der Waals surface area contributed by atoms with Gasteiger partial charge in [0.05, 0.1) is 86.7 Å². The Balaban J connectivity index is 1.88. The van der Waals surface area contributed by atoms with Gasteiger partial charge in [0.25, 0.3) is 0 Å². The lowest BCUT2D eigenvalue weighted by molar-refractivity contribution is 0.0222. The fourth-order valence-electron chi connectivity index (χ4n) is 2.33. The van der Waals surface area contributed by atoms with Gasteiger partial charge in [0.1, 0.15) is 24.2 Å². The van der Waals surface area contributed by atoms with Crippen LogP contribution in [0.5, 0.6) is 11.5 Å². The monoisotopic (exact) mass is 588 g/mol. The molecule has 0 aliphatic heterocycles. The topological polar surface area (TPSA) is 122 Å². The van der Waals surface area contributed by atoms with E-state index in [4.69, 9.17) is 38.6 Å². The third-order valence-corrected chi connectivity index (χ3v) is 5.67. The Bertz CT molecular complexity index is 708. The molecule has 31 heavy (non-hydrogen) atoms. The van der Waals surface area contributed by atoms with Gasteiger partial charge in [0.15, 0.2) is 11.5 Å². The highest BCUT2D eigenvalue weighted by Gasteiger charge is 2.22. The van der Waals surface area contributed by atoms with Crippen molar-refractivity contribution in [3.05, 3.63) is 8.95 Å². The van der Waals surface area contributed by atoms with Crippen molar-refractivity contribution < 1.29 is 38.6 Å². The summed E-state index contributed by atoms with van der Waals surface area (Å²) in [6, 6.07) is 0. The van der Waals surface area contributed by atoms with Gasteiger partial charge in [0, 0.05) is 0 Å². The molecular formula is C18H26Br2N2O8S. The first-order valence-electron chi connectivity index (χ1n) is 9.62. The van der Waals surface area contributed by atoms with Gasteiger partial charge >= 0.3 is 0 Å². The molecule has 0 fully saturated rings. The molecule has 2 rings (SSSR count). The van der Waals surface area contributed by atoms with Crippen LogP contribution in [0.15, 0.2) is 8.95 Å². The molecule has 0 saturated carbocycles. The minimum absolute atomic E-state index is 0.00865. The molecule has 2 aromatic rings. The van der Waals surface area contributed by atoms with Crippen molar-refractivity contribution in [3.8, 4) is 11.5 Å². The van der Waals surface area contributed by atoms with Gasteiger partial charge in [-0.05, 0) is 31.9 Å². The van der Waals surface area contributed by atoms with E-state index in [1.54, 1.807) is 0 Å². The second-order valence-corrected chi connectivity index (χ2v) is 7.96. The number of aliphatic hydroxyl groups is 2. The van der Waals surface area contributed by atoms with Crippen molar-refractivity contribution in [1.29, 1.82) is 0 Å².